The summed E-state index contributed by atoms with van der Waals surface area (Å²) in [6, 6.07) is 0. The Morgan fingerprint density at radius 2 is 2.22 bits per heavy atom. The van der Waals surface area contributed by atoms with E-state index in [2.05, 4.69) is 21.4 Å². The highest BCUT2D eigenvalue weighted by Gasteiger charge is 2.59. The van der Waals surface area contributed by atoms with Crippen LogP contribution < -0.4 is 0 Å². The molecular weight excluding hydrogens is 230 g/mol. The standard InChI is InChI=1S/C13H19N3O2/c1-2-4-16-5-3-14-11(16)8-15-6-9-10(7-15)12(9)13(17)18/h3,5,9-10,12H,2,4,6-8H2,1H3,(H,17,18)/t9-,10+,12?. The zero-order chi connectivity index (χ0) is 12.7. The number of nitrogens with zero attached hydrogens (tertiary/aromatic N) is 3. The Morgan fingerprint density at radius 3 is 2.83 bits per heavy atom. The first-order chi connectivity index (χ1) is 8.70. The molecule has 98 valence electrons. The van der Waals surface area contributed by atoms with Gasteiger partial charge in [0.25, 0.3) is 0 Å². The van der Waals surface area contributed by atoms with Gasteiger partial charge in [-0.25, -0.2) is 4.98 Å². The Bertz CT molecular complexity index is 445. The fraction of sp³-hybridized carbons (Fsp3) is 0.692. The van der Waals surface area contributed by atoms with Gasteiger partial charge in [0.1, 0.15) is 5.82 Å². The minimum absolute atomic E-state index is 0.0726. The van der Waals surface area contributed by atoms with E-state index in [0.29, 0.717) is 11.8 Å². The van der Waals surface area contributed by atoms with Crippen molar-refractivity contribution in [2.75, 3.05) is 13.1 Å². The first-order valence-electron chi connectivity index (χ1n) is 6.66. The lowest BCUT2D eigenvalue weighted by Crippen LogP contribution is -2.27. The third-order valence-electron chi connectivity index (χ3n) is 4.19. The first-order valence-corrected chi connectivity index (χ1v) is 6.66. The number of aromatic nitrogens is 2. The van der Waals surface area contributed by atoms with Gasteiger partial charge in [-0.15, -0.1) is 0 Å². The minimum Gasteiger partial charge on any atom is -0.481 e. The molecule has 1 aliphatic heterocycles. The Balaban J connectivity index is 1.57. The third-order valence-corrected chi connectivity index (χ3v) is 4.19. The number of likely N-dealkylation sites (tertiary alicyclic amines) is 1. The smallest absolute Gasteiger partial charge is 0.307 e. The summed E-state index contributed by atoms with van der Waals surface area (Å²) in [7, 11) is 0. The van der Waals surface area contributed by atoms with Crippen molar-refractivity contribution in [2.45, 2.75) is 26.4 Å². The van der Waals surface area contributed by atoms with Crippen LogP contribution in [-0.2, 0) is 17.9 Å². The van der Waals surface area contributed by atoms with Crippen LogP contribution in [0, 0.1) is 17.8 Å². The molecule has 1 aliphatic carbocycles. The summed E-state index contributed by atoms with van der Waals surface area (Å²) in [6.45, 7) is 5.85. The van der Waals surface area contributed by atoms with E-state index in [1.807, 2.05) is 12.4 Å². The van der Waals surface area contributed by atoms with E-state index in [4.69, 9.17) is 5.11 Å². The van der Waals surface area contributed by atoms with Gasteiger partial charge in [0.15, 0.2) is 0 Å². The monoisotopic (exact) mass is 249 g/mol. The molecule has 0 spiro atoms. The lowest BCUT2D eigenvalue weighted by atomic mass is 10.2. The molecule has 0 aromatic carbocycles. The van der Waals surface area contributed by atoms with Crippen LogP contribution >= 0.6 is 0 Å². The number of hydrogen-bond donors (Lipinski definition) is 1. The van der Waals surface area contributed by atoms with Crippen LogP contribution in [0.2, 0.25) is 0 Å². The van der Waals surface area contributed by atoms with Gasteiger partial charge in [-0.2, -0.15) is 0 Å². The Hall–Kier alpha value is -1.36. The van der Waals surface area contributed by atoms with E-state index < -0.39 is 5.97 Å². The molecule has 2 fully saturated rings. The normalized spacial score (nSPS) is 30.4. The van der Waals surface area contributed by atoms with E-state index in [0.717, 1.165) is 38.4 Å². The van der Waals surface area contributed by atoms with Gasteiger partial charge < -0.3 is 9.67 Å². The van der Waals surface area contributed by atoms with Crippen LogP contribution in [0.4, 0.5) is 0 Å². The fourth-order valence-electron chi connectivity index (χ4n) is 3.25. The van der Waals surface area contributed by atoms with E-state index in [9.17, 15) is 4.79 Å². The summed E-state index contributed by atoms with van der Waals surface area (Å²) in [4.78, 5) is 17.6. The van der Waals surface area contributed by atoms with Crippen molar-refractivity contribution in [1.82, 2.24) is 14.5 Å². The van der Waals surface area contributed by atoms with E-state index in [1.165, 1.54) is 0 Å². The number of aryl methyl sites for hydroxylation is 1. The Kier molecular flexibility index (Phi) is 2.86. The molecule has 2 heterocycles. The molecule has 1 N–H and O–H groups in total. The molecule has 3 atom stereocenters. The summed E-state index contributed by atoms with van der Waals surface area (Å²) in [5.74, 6) is 1.19. The molecule has 5 heteroatoms. The van der Waals surface area contributed by atoms with E-state index in [-0.39, 0.29) is 5.92 Å². The molecule has 0 amide bonds. The zero-order valence-electron chi connectivity index (χ0n) is 10.6. The highest BCUT2D eigenvalue weighted by Crippen LogP contribution is 2.51. The molecule has 0 radical (unpaired) electrons. The van der Waals surface area contributed by atoms with Crippen molar-refractivity contribution < 1.29 is 9.90 Å². The lowest BCUT2D eigenvalue weighted by Gasteiger charge is -2.18. The van der Waals surface area contributed by atoms with Crippen molar-refractivity contribution in [3.05, 3.63) is 18.2 Å². The number of hydrogen-bond acceptors (Lipinski definition) is 3. The number of aliphatic carboxylic acids is 1. The van der Waals surface area contributed by atoms with Crippen molar-refractivity contribution in [2.24, 2.45) is 17.8 Å². The third kappa shape index (κ3) is 1.92. The number of imidazole rings is 1. The van der Waals surface area contributed by atoms with Crippen LogP contribution in [0.15, 0.2) is 12.4 Å². The Labute approximate surface area is 106 Å². The number of fused-ring (bicyclic) bond motifs is 1. The maximum Gasteiger partial charge on any atom is 0.307 e. The SMILES string of the molecule is CCCn1ccnc1CN1C[C@@H]2C(C(=O)O)[C@@H]2C1. The van der Waals surface area contributed by atoms with Gasteiger partial charge in [-0.3, -0.25) is 9.69 Å². The minimum atomic E-state index is -0.614. The summed E-state index contributed by atoms with van der Waals surface area (Å²) >= 11 is 0. The van der Waals surface area contributed by atoms with Crippen molar-refractivity contribution in [3.8, 4) is 0 Å². The average molecular weight is 249 g/mol. The molecule has 1 saturated heterocycles. The van der Waals surface area contributed by atoms with Gasteiger partial charge >= 0.3 is 5.97 Å². The maximum atomic E-state index is 10.9. The molecule has 1 saturated carbocycles. The van der Waals surface area contributed by atoms with Gasteiger partial charge in [0.2, 0.25) is 0 Å². The van der Waals surface area contributed by atoms with Crippen LogP contribution in [0.3, 0.4) is 0 Å². The molecule has 5 nitrogen and oxygen atoms in total. The van der Waals surface area contributed by atoms with Crippen LogP contribution in [-0.4, -0.2) is 38.6 Å². The number of carboxylic acids is 1. The number of piperidine rings is 1. The second-order valence-corrected chi connectivity index (χ2v) is 5.42. The second kappa shape index (κ2) is 4.39. The summed E-state index contributed by atoms with van der Waals surface area (Å²) in [5.41, 5.74) is 0. The van der Waals surface area contributed by atoms with E-state index >= 15 is 0 Å². The van der Waals surface area contributed by atoms with Crippen molar-refractivity contribution in [1.29, 1.82) is 0 Å². The summed E-state index contributed by atoms with van der Waals surface area (Å²) < 4.78 is 2.19. The van der Waals surface area contributed by atoms with Gasteiger partial charge in [-0.05, 0) is 18.3 Å². The molecule has 3 rings (SSSR count). The molecular formula is C13H19N3O2. The molecule has 2 aliphatic rings. The molecule has 1 aromatic heterocycles. The topological polar surface area (TPSA) is 58.4 Å². The molecule has 18 heavy (non-hydrogen) atoms. The first kappa shape index (κ1) is 11.7. The van der Waals surface area contributed by atoms with Gasteiger partial charge in [0, 0.05) is 32.0 Å². The average Bonchev–Trinajstić information content (AvgIpc) is 2.69. The van der Waals surface area contributed by atoms with Crippen LogP contribution in [0.5, 0.6) is 0 Å². The van der Waals surface area contributed by atoms with Crippen molar-refractivity contribution in [3.63, 3.8) is 0 Å². The van der Waals surface area contributed by atoms with Crippen molar-refractivity contribution >= 4 is 5.97 Å². The predicted octanol–water partition coefficient (Wildman–Crippen LogP) is 1.06. The van der Waals surface area contributed by atoms with E-state index in [1.54, 1.807) is 0 Å². The zero-order valence-corrected chi connectivity index (χ0v) is 10.6. The largest absolute Gasteiger partial charge is 0.481 e. The summed E-state index contributed by atoms with van der Waals surface area (Å²) in [5, 5.41) is 8.98. The number of carbonyl (C=O) groups is 1. The fourth-order valence-corrected chi connectivity index (χ4v) is 3.25. The quantitative estimate of drug-likeness (QED) is 0.847. The molecule has 1 aromatic rings. The van der Waals surface area contributed by atoms with Crippen LogP contribution in [0.25, 0.3) is 0 Å². The Morgan fingerprint density at radius 1 is 1.50 bits per heavy atom. The maximum absolute atomic E-state index is 10.9. The number of rotatable bonds is 5. The predicted molar refractivity (Wildman–Crippen MR) is 65.9 cm³/mol. The highest BCUT2D eigenvalue weighted by molar-refractivity contribution is 5.74. The van der Waals surface area contributed by atoms with Gasteiger partial charge in [0.05, 0.1) is 12.5 Å². The second-order valence-electron chi connectivity index (χ2n) is 5.42. The highest BCUT2D eigenvalue weighted by atomic mass is 16.4. The van der Waals surface area contributed by atoms with Crippen LogP contribution in [0.1, 0.15) is 19.2 Å². The molecule has 1 unspecified atom stereocenters. The van der Waals surface area contributed by atoms with Gasteiger partial charge in [-0.1, -0.05) is 6.92 Å². The lowest BCUT2D eigenvalue weighted by molar-refractivity contribution is -0.139. The molecule has 0 bridgehead atoms. The number of carboxylic acid groups (broad SMARTS) is 1. The summed E-state index contributed by atoms with van der Waals surface area (Å²) in [6.07, 6.45) is 4.98.